The predicted octanol–water partition coefficient (Wildman–Crippen LogP) is 6.20. The molecule has 0 N–H and O–H groups in total. The van der Waals surface area contributed by atoms with Gasteiger partial charge in [0.15, 0.2) is 0 Å². The number of unbranched alkanes of at least 4 members (excludes halogenated alkanes) is 3. The first kappa shape index (κ1) is 16.5. The van der Waals surface area contributed by atoms with Crippen LogP contribution in [0.1, 0.15) is 43.7 Å². The molecule has 0 heterocycles. The highest BCUT2D eigenvalue weighted by molar-refractivity contribution is 9.10. The summed E-state index contributed by atoms with van der Waals surface area (Å²) in [4.78, 5) is 0. The van der Waals surface area contributed by atoms with Gasteiger partial charge in [0.1, 0.15) is 5.75 Å². The average Bonchev–Trinajstić information content (AvgIpc) is 2.39. The maximum absolute atomic E-state index is 5.90. The fourth-order valence-electron chi connectivity index (χ4n) is 1.69. The van der Waals surface area contributed by atoms with E-state index in [1.807, 2.05) is 0 Å². The second-order valence-electron chi connectivity index (χ2n) is 4.23. The molecule has 0 unspecified atom stereocenters. The molecule has 0 atom stereocenters. The van der Waals surface area contributed by atoms with Crippen molar-refractivity contribution >= 4 is 47.8 Å². The van der Waals surface area contributed by atoms with Crippen molar-refractivity contribution in [2.24, 2.45) is 0 Å². The summed E-state index contributed by atoms with van der Waals surface area (Å²) in [5.74, 6) is 1.00. The summed E-state index contributed by atoms with van der Waals surface area (Å²) < 4.78 is 7.03. The lowest BCUT2D eigenvalue weighted by Gasteiger charge is -2.13. The van der Waals surface area contributed by atoms with Crippen LogP contribution in [0.4, 0.5) is 0 Å². The minimum atomic E-state index is 0.809. The van der Waals surface area contributed by atoms with Gasteiger partial charge in [0.2, 0.25) is 0 Å². The molecular formula is C14H19Br3O. The third kappa shape index (κ3) is 5.22. The molecule has 1 rings (SSSR count). The SMILES string of the molecule is CCCCCCOc1cc(CBr)c(Br)cc1CBr. The van der Waals surface area contributed by atoms with Gasteiger partial charge in [-0.05, 0) is 24.1 Å². The van der Waals surface area contributed by atoms with E-state index in [9.17, 15) is 0 Å². The zero-order valence-electron chi connectivity index (χ0n) is 10.6. The lowest BCUT2D eigenvalue weighted by Crippen LogP contribution is -2.01. The van der Waals surface area contributed by atoms with Gasteiger partial charge in [-0.25, -0.2) is 0 Å². The lowest BCUT2D eigenvalue weighted by molar-refractivity contribution is 0.303. The standard InChI is InChI=1S/C14H19Br3O/c1-2-3-4-5-6-18-14-8-11(9-15)13(17)7-12(14)10-16/h7-8H,2-6,9-10H2,1H3. The molecule has 1 aromatic rings. The molecule has 0 aliphatic heterocycles. The summed E-state index contributed by atoms with van der Waals surface area (Å²) >= 11 is 10.6. The summed E-state index contributed by atoms with van der Waals surface area (Å²) in [5, 5.41) is 1.65. The molecule has 0 fully saturated rings. The maximum Gasteiger partial charge on any atom is 0.123 e. The summed E-state index contributed by atoms with van der Waals surface area (Å²) in [6, 6.07) is 4.25. The molecule has 0 saturated carbocycles. The Kier molecular flexibility index (Phi) is 8.60. The Morgan fingerprint density at radius 2 is 1.72 bits per heavy atom. The van der Waals surface area contributed by atoms with Gasteiger partial charge in [-0.2, -0.15) is 0 Å². The van der Waals surface area contributed by atoms with E-state index < -0.39 is 0 Å². The van der Waals surface area contributed by atoms with Crippen LogP contribution in [0.5, 0.6) is 5.75 Å². The Balaban J connectivity index is 2.62. The van der Waals surface area contributed by atoms with Crippen LogP contribution in [0.15, 0.2) is 16.6 Å². The predicted molar refractivity (Wildman–Crippen MR) is 89.0 cm³/mol. The molecule has 0 radical (unpaired) electrons. The van der Waals surface area contributed by atoms with Crippen molar-refractivity contribution in [1.82, 2.24) is 0 Å². The van der Waals surface area contributed by atoms with Gasteiger partial charge in [-0.1, -0.05) is 74.0 Å². The fourth-order valence-corrected chi connectivity index (χ4v) is 3.50. The minimum absolute atomic E-state index is 0.809. The molecule has 0 aliphatic carbocycles. The third-order valence-electron chi connectivity index (χ3n) is 2.77. The highest BCUT2D eigenvalue weighted by Crippen LogP contribution is 2.30. The number of halogens is 3. The van der Waals surface area contributed by atoms with Crippen LogP contribution in [0.25, 0.3) is 0 Å². The van der Waals surface area contributed by atoms with Crippen LogP contribution in [-0.4, -0.2) is 6.61 Å². The molecule has 1 nitrogen and oxygen atoms in total. The highest BCUT2D eigenvalue weighted by atomic mass is 79.9. The molecule has 0 bridgehead atoms. The number of benzene rings is 1. The van der Waals surface area contributed by atoms with Gasteiger partial charge in [0, 0.05) is 20.7 Å². The Hall–Kier alpha value is 0.460. The van der Waals surface area contributed by atoms with E-state index in [4.69, 9.17) is 4.74 Å². The minimum Gasteiger partial charge on any atom is -0.493 e. The van der Waals surface area contributed by atoms with Crippen LogP contribution in [0.2, 0.25) is 0 Å². The van der Waals surface area contributed by atoms with Crippen molar-refractivity contribution in [2.75, 3.05) is 6.61 Å². The molecular weight excluding hydrogens is 424 g/mol. The van der Waals surface area contributed by atoms with Gasteiger partial charge < -0.3 is 4.74 Å². The number of hydrogen-bond acceptors (Lipinski definition) is 1. The van der Waals surface area contributed by atoms with Crippen molar-refractivity contribution in [3.8, 4) is 5.75 Å². The molecule has 0 saturated heterocycles. The van der Waals surface area contributed by atoms with Crippen molar-refractivity contribution in [3.63, 3.8) is 0 Å². The molecule has 18 heavy (non-hydrogen) atoms. The molecule has 102 valence electrons. The molecule has 0 aromatic heterocycles. The van der Waals surface area contributed by atoms with E-state index in [-0.39, 0.29) is 0 Å². The van der Waals surface area contributed by atoms with Crippen LogP contribution < -0.4 is 4.74 Å². The van der Waals surface area contributed by atoms with Gasteiger partial charge in [-0.15, -0.1) is 0 Å². The number of alkyl halides is 2. The van der Waals surface area contributed by atoms with E-state index >= 15 is 0 Å². The first-order valence-electron chi connectivity index (χ1n) is 6.29. The van der Waals surface area contributed by atoms with E-state index in [0.29, 0.717) is 0 Å². The van der Waals surface area contributed by atoms with E-state index in [1.165, 1.54) is 30.4 Å². The van der Waals surface area contributed by atoms with Gasteiger partial charge in [-0.3, -0.25) is 0 Å². The van der Waals surface area contributed by atoms with Crippen LogP contribution >= 0.6 is 47.8 Å². The Labute approximate surface area is 135 Å². The van der Waals surface area contributed by atoms with Crippen molar-refractivity contribution in [3.05, 3.63) is 27.7 Å². The van der Waals surface area contributed by atoms with Crippen molar-refractivity contribution < 1.29 is 4.74 Å². The molecule has 0 aliphatic rings. The molecule has 1 aromatic carbocycles. The largest absolute Gasteiger partial charge is 0.493 e. The topological polar surface area (TPSA) is 9.23 Å². The van der Waals surface area contributed by atoms with Crippen molar-refractivity contribution in [1.29, 1.82) is 0 Å². The first-order valence-corrected chi connectivity index (χ1v) is 9.32. The Bertz CT molecular complexity index is 366. The molecule has 4 heteroatoms. The zero-order chi connectivity index (χ0) is 13.4. The fraction of sp³-hybridized carbons (Fsp3) is 0.571. The maximum atomic E-state index is 5.90. The van der Waals surface area contributed by atoms with Gasteiger partial charge >= 0.3 is 0 Å². The van der Waals surface area contributed by atoms with Gasteiger partial charge in [0.25, 0.3) is 0 Å². The van der Waals surface area contributed by atoms with E-state index in [1.54, 1.807) is 0 Å². The van der Waals surface area contributed by atoms with E-state index in [0.717, 1.165) is 33.9 Å². The molecule has 0 spiro atoms. The van der Waals surface area contributed by atoms with Crippen LogP contribution in [-0.2, 0) is 10.7 Å². The second-order valence-corrected chi connectivity index (χ2v) is 6.20. The Morgan fingerprint density at radius 1 is 1.00 bits per heavy atom. The first-order chi connectivity index (χ1) is 8.72. The van der Waals surface area contributed by atoms with Gasteiger partial charge in [0.05, 0.1) is 6.61 Å². The average molecular weight is 443 g/mol. The third-order valence-corrected chi connectivity index (χ3v) is 4.72. The highest BCUT2D eigenvalue weighted by Gasteiger charge is 2.08. The smallest absolute Gasteiger partial charge is 0.123 e. The van der Waals surface area contributed by atoms with Crippen LogP contribution in [0, 0.1) is 0 Å². The number of ether oxygens (including phenoxy) is 1. The Morgan fingerprint density at radius 3 is 2.33 bits per heavy atom. The number of rotatable bonds is 8. The van der Waals surface area contributed by atoms with E-state index in [2.05, 4.69) is 66.8 Å². The zero-order valence-corrected chi connectivity index (χ0v) is 15.4. The normalized spacial score (nSPS) is 10.7. The summed E-state index contributed by atoms with van der Waals surface area (Å²) in [7, 11) is 0. The van der Waals surface area contributed by atoms with Crippen LogP contribution in [0.3, 0.4) is 0 Å². The quantitative estimate of drug-likeness (QED) is 0.344. The summed E-state index contributed by atoms with van der Waals surface area (Å²) in [6.07, 6.45) is 4.94. The summed E-state index contributed by atoms with van der Waals surface area (Å²) in [6.45, 7) is 3.03. The molecule has 0 amide bonds. The number of hydrogen-bond donors (Lipinski definition) is 0. The van der Waals surface area contributed by atoms with Crippen molar-refractivity contribution in [2.45, 2.75) is 43.3 Å². The monoisotopic (exact) mass is 440 g/mol. The lowest BCUT2D eigenvalue weighted by atomic mass is 10.1. The summed E-state index contributed by atoms with van der Waals surface area (Å²) in [5.41, 5.74) is 2.42. The second kappa shape index (κ2) is 9.38.